The first-order valence-electron chi connectivity index (χ1n) is 8.24. The summed E-state index contributed by atoms with van der Waals surface area (Å²) in [5.41, 5.74) is 2.67. The predicted molar refractivity (Wildman–Crippen MR) is 104 cm³/mol. The van der Waals surface area contributed by atoms with Gasteiger partial charge in [0.15, 0.2) is 5.75 Å². The Kier molecular flexibility index (Phi) is 5.00. The topological polar surface area (TPSA) is 62.7 Å². The highest BCUT2D eigenvalue weighted by Gasteiger charge is 2.26. The van der Waals surface area contributed by atoms with Gasteiger partial charge in [0.25, 0.3) is 5.91 Å². The molecule has 0 saturated carbocycles. The molecule has 2 aromatic carbocycles. The lowest BCUT2D eigenvalue weighted by atomic mass is 10.00. The maximum absolute atomic E-state index is 13.1. The Hall–Kier alpha value is -2.79. The average Bonchev–Trinajstić information content (AvgIpc) is 2.67. The number of carbonyl (C=O) groups excluding carboxylic acids is 1. The number of carbonyl (C=O) groups is 1. The number of aromatic hydroxyl groups is 1. The van der Waals surface area contributed by atoms with Crippen molar-refractivity contribution in [1.29, 1.82) is 0 Å². The van der Waals surface area contributed by atoms with Crippen molar-refractivity contribution < 1.29 is 14.6 Å². The highest BCUT2D eigenvalue weighted by Crippen LogP contribution is 2.34. The number of hydrogen-bond acceptors (Lipinski definition) is 4. The van der Waals surface area contributed by atoms with Gasteiger partial charge in [-0.15, -0.1) is 12.4 Å². The highest BCUT2D eigenvalue weighted by atomic mass is 35.5. The fourth-order valence-corrected chi connectivity index (χ4v) is 3.36. The summed E-state index contributed by atoms with van der Waals surface area (Å²) in [6, 6.07) is 12.9. The zero-order valence-corrected chi connectivity index (χ0v) is 15.1. The predicted octanol–water partition coefficient (Wildman–Crippen LogP) is 3.96. The van der Waals surface area contributed by atoms with E-state index in [1.807, 2.05) is 30.3 Å². The maximum Gasteiger partial charge on any atom is 0.262 e. The molecule has 1 aliphatic heterocycles. The summed E-state index contributed by atoms with van der Waals surface area (Å²) in [5.74, 6) is 0.505. The number of anilines is 1. The van der Waals surface area contributed by atoms with Crippen LogP contribution in [0.4, 0.5) is 5.69 Å². The number of aromatic nitrogens is 1. The molecule has 6 heteroatoms. The van der Waals surface area contributed by atoms with Gasteiger partial charge in [-0.3, -0.25) is 9.78 Å². The zero-order chi connectivity index (χ0) is 17.4. The molecule has 1 aliphatic rings. The molecule has 0 radical (unpaired) electrons. The quantitative estimate of drug-likeness (QED) is 0.741. The summed E-state index contributed by atoms with van der Waals surface area (Å²) < 4.78 is 5.28. The molecule has 0 fully saturated rings. The summed E-state index contributed by atoms with van der Waals surface area (Å²) >= 11 is 0. The Morgan fingerprint density at radius 1 is 1.23 bits per heavy atom. The molecular weight excluding hydrogens is 352 g/mol. The minimum absolute atomic E-state index is 0. The minimum Gasteiger partial charge on any atom is -0.505 e. The number of fused-ring (bicyclic) bond motifs is 2. The molecule has 0 saturated heterocycles. The minimum atomic E-state index is -0.212. The van der Waals surface area contributed by atoms with Gasteiger partial charge in [0.2, 0.25) is 0 Å². The van der Waals surface area contributed by atoms with E-state index in [1.54, 1.807) is 30.3 Å². The number of halogens is 1. The van der Waals surface area contributed by atoms with E-state index in [0.29, 0.717) is 12.1 Å². The van der Waals surface area contributed by atoms with Crippen LogP contribution in [0.1, 0.15) is 22.3 Å². The van der Waals surface area contributed by atoms with Crippen LogP contribution in [0.25, 0.3) is 10.9 Å². The largest absolute Gasteiger partial charge is 0.505 e. The molecule has 1 N–H and O–H groups in total. The van der Waals surface area contributed by atoms with Crippen LogP contribution in [0.5, 0.6) is 11.5 Å². The number of amides is 1. The lowest BCUT2D eigenvalue weighted by Crippen LogP contribution is -2.35. The Balaban J connectivity index is 0.00000196. The number of nitrogens with zero attached hydrogens (tertiary/aromatic N) is 2. The normalized spacial score (nSPS) is 13.0. The molecule has 26 heavy (non-hydrogen) atoms. The highest BCUT2D eigenvalue weighted by molar-refractivity contribution is 6.11. The van der Waals surface area contributed by atoms with Crippen LogP contribution >= 0.6 is 12.4 Å². The summed E-state index contributed by atoms with van der Waals surface area (Å²) in [6.07, 6.45) is 3.39. The third kappa shape index (κ3) is 2.95. The third-order valence-corrected chi connectivity index (χ3v) is 4.63. The number of ether oxygens (including phenoxy) is 1. The first-order valence-corrected chi connectivity index (χ1v) is 8.24. The lowest BCUT2D eigenvalue weighted by Gasteiger charge is -2.30. The Labute approximate surface area is 157 Å². The molecule has 1 aromatic heterocycles. The number of methoxy groups -OCH3 is 1. The van der Waals surface area contributed by atoms with Gasteiger partial charge in [0.05, 0.1) is 12.7 Å². The van der Waals surface area contributed by atoms with E-state index in [9.17, 15) is 9.90 Å². The number of hydrogen-bond donors (Lipinski definition) is 1. The fraction of sp³-hybridized carbons (Fsp3) is 0.200. The standard InChI is InChI=1S/C20H18N2O3.ClH/c1-25-15-7-9-17-14(12-15)5-3-11-22(17)20(24)16-8-6-13-4-2-10-21-18(13)19(16)23;/h2,4,6-10,12,23H,3,5,11H2,1H3;1H. The summed E-state index contributed by atoms with van der Waals surface area (Å²) in [4.78, 5) is 19.0. The van der Waals surface area contributed by atoms with Gasteiger partial charge in [-0.05, 0) is 48.7 Å². The smallest absolute Gasteiger partial charge is 0.262 e. The number of benzene rings is 2. The van der Waals surface area contributed by atoms with Crippen molar-refractivity contribution in [3.63, 3.8) is 0 Å². The van der Waals surface area contributed by atoms with Crippen molar-refractivity contribution in [1.82, 2.24) is 4.98 Å². The van der Waals surface area contributed by atoms with Gasteiger partial charge in [-0.25, -0.2) is 0 Å². The van der Waals surface area contributed by atoms with Crippen molar-refractivity contribution in [2.24, 2.45) is 0 Å². The van der Waals surface area contributed by atoms with Crippen molar-refractivity contribution in [3.05, 3.63) is 59.8 Å². The SMILES string of the molecule is COc1ccc2c(c1)CCCN2C(=O)c1ccc2cccnc2c1O.Cl. The van der Waals surface area contributed by atoms with E-state index < -0.39 is 0 Å². The first-order chi connectivity index (χ1) is 12.2. The summed E-state index contributed by atoms with van der Waals surface area (Å²) in [7, 11) is 1.63. The van der Waals surface area contributed by atoms with Gasteiger partial charge < -0.3 is 14.7 Å². The lowest BCUT2D eigenvalue weighted by molar-refractivity contribution is 0.0982. The molecule has 0 unspecified atom stereocenters. The summed E-state index contributed by atoms with van der Waals surface area (Å²) in [6.45, 7) is 0.623. The number of rotatable bonds is 2. The molecule has 0 spiro atoms. The molecule has 3 aromatic rings. The molecule has 0 aliphatic carbocycles. The van der Waals surface area contributed by atoms with Crippen LogP contribution in [-0.2, 0) is 6.42 Å². The van der Waals surface area contributed by atoms with Crippen molar-refractivity contribution in [2.45, 2.75) is 12.8 Å². The first kappa shape index (κ1) is 18.0. The molecule has 2 heterocycles. The van der Waals surface area contributed by atoms with E-state index in [4.69, 9.17) is 4.74 Å². The number of aryl methyl sites for hydroxylation is 1. The fourth-order valence-electron chi connectivity index (χ4n) is 3.36. The monoisotopic (exact) mass is 370 g/mol. The van der Waals surface area contributed by atoms with Gasteiger partial charge in [0, 0.05) is 23.8 Å². The van der Waals surface area contributed by atoms with Crippen molar-refractivity contribution in [3.8, 4) is 11.5 Å². The Morgan fingerprint density at radius 2 is 2.08 bits per heavy atom. The van der Waals surface area contributed by atoms with E-state index in [-0.39, 0.29) is 29.6 Å². The van der Waals surface area contributed by atoms with Crippen molar-refractivity contribution in [2.75, 3.05) is 18.6 Å². The van der Waals surface area contributed by atoms with Gasteiger partial charge in [-0.2, -0.15) is 0 Å². The molecule has 134 valence electrons. The molecule has 4 rings (SSSR count). The summed E-state index contributed by atoms with van der Waals surface area (Å²) in [5, 5.41) is 11.4. The average molecular weight is 371 g/mol. The maximum atomic E-state index is 13.1. The number of phenolic OH excluding ortho intramolecular Hbond substituents is 1. The van der Waals surface area contributed by atoms with Crippen LogP contribution in [0.3, 0.4) is 0 Å². The van der Waals surface area contributed by atoms with Gasteiger partial charge in [-0.1, -0.05) is 12.1 Å². The van der Waals surface area contributed by atoms with Crippen LogP contribution in [-0.4, -0.2) is 29.7 Å². The molecule has 0 bridgehead atoms. The van der Waals surface area contributed by atoms with E-state index in [0.717, 1.165) is 35.2 Å². The Bertz CT molecular complexity index is 974. The second-order valence-corrected chi connectivity index (χ2v) is 6.09. The van der Waals surface area contributed by atoms with Gasteiger partial charge in [0.1, 0.15) is 11.3 Å². The van der Waals surface area contributed by atoms with Crippen LogP contribution in [0, 0.1) is 0 Å². The second-order valence-electron chi connectivity index (χ2n) is 6.09. The molecular formula is C20H19ClN2O3. The van der Waals surface area contributed by atoms with E-state index >= 15 is 0 Å². The Morgan fingerprint density at radius 3 is 2.88 bits per heavy atom. The molecule has 1 amide bonds. The van der Waals surface area contributed by atoms with Crippen LogP contribution in [0.15, 0.2) is 48.7 Å². The van der Waals surface area contributed by atoms with Crippen LogP contribution < -0.4 is 9.64 Å². The zero-order valence-electron chi connectivity index (χ0n) is 14.3. The number of phenols is 1. The third-order valence-electron chi connectivity index (χ3n) is 4.63. The van der Waals surface area contributed by atoms with Gasteiger partial charge >= 0.3 is 0 Å². The number of pyridine rings is 1. The molecule has 5 nitrogen and oxygen atoms in total. The van der Waals surface area contributed by atoms with Crippen molar-refractivity contribution >= 4 is 34.9 Å². The second kappa shape index (κ2) is 7.22. The van der Waals surface area contributed by atoms with E-state index in [1.165, 1.54) is 0 Å². The van der Waals surface area contributed by atoms with E-state index in [2.05, 4.69) is 4.98 Å². The molecule has 0 atom stereocenters. The van der Waals surface area contributed by atoms with Crippen LogP contribution in [0.2, 0.25) is 0 Å².